The largest absolute Gasteiger partial charge is 0.480 e. The molecule has 0 spiro atoms. The predicted octanol–water partition coefficient (Wildman–Crippen LogP) is -0.839. The van der Waals surface area contributed by atoms with Gasteiger partial charge in [-0.15, -0.1) is 0 Å². The molecular formula is C39H46N10O10. The zero-order valence-corrected chi connectivity index (χ0v) is 32.1. The predicted molar refractivity (Wildman–Crippen MR) is 213 cm³/mol. The number of aliphatic carboxylic acids is 1. The van der Waals surface area contributed by atoms with Crippen molar-refractivity contribution in [1.82, 2.24) is 45.7 Å². The van der Waals surface area contributed by atoms with E-state index in [0.29, 0.717) is 11.1 Å². The van der Waals surface area contributed by atoms with Crippen LogP contribution in [0.5, 0.6) is 0 Å². The fourth-order valence-corrected chi connectivity index (χ4v) is 7.13. The summed E-state index contributed by atoms with van der Waals surface area (Å²) in [5.41, 5.74) is 7.02. The van der Waals surface area contributed by atoms with Crippen LogP contribution in [0.25, 0.3) is 21.8 Å². The molecular weight excluding hydrogens is 768 g/mol. The summed E-state index contributed by atoms with van der Waals surface area (Å²) in [6, 6.07) is 9.52. The summed E-state index contributed by atoms with van der Waals surface area (Å²) >= 11 is 0. The Kier molecular flexibility index (Phi) is 12.9. The fourth-order valence-electron chi connectivity index (χ4n) is 7.13. The minimum absolute atomic E-state index is 0.00196. The second-order valence-electron chi connectivity index (χ2n) is 14.3. The van der Waals surface area contributed by atoms with E-state index in [9.17, 15) is 43.8 Å². The lowest BCUT2D eigenvalue weighted by Crippen LogP contribution is -2.62. The van der Waals surface area contributed by atoms with Crippen LogP contribution >= 0.6 is 0 Å². The summed E-state index contributed by atoms with van der Waals surface area (Å²) < 4.78 is 6.86. The number of nitrogens with zero attached hydrogens (tertiary/aromatic N) is 2. The minimum atomic E-state index is -1.43. The number of aliphatic hydroxyl groups is 1. The number of urea groups is 1. The smallest absolute Gasteiger partial charge is 0.330 e. The van der Waals surface area contributed by atoms with E-state index in [-0.39, 0.29) is 25.8 Å². The maximum absolute atomic E-state index is 14.3. The number of aromatic amines is 3. The molecule has 1 saturated heterocycles. The highest BCUT2D eigenvalue weighted by Gasteiger charge is 2.38. The number of carbonyl (C=O) groups excluding carboxylic acids is 4. The molecule has 0 aliphatic carbocycles. The van der Waals surface area contributed by atoms with Crippen LogP contribution in [0.1, 0.15) is 30.7 Å². The Bertz CT molecular complexity index is 2460. The number of nitrogens with two attached hydrogens (primary N) is 1. The van der Waals surface area contributed by atoms with E-state index in [4.69, 9.17) is 10.5 Å². The summed E-state index contributed by atoms with van der Waals surface area (Å²) in [4.78, 5) is 100. The van der Waals surface area contributed by atoms with Crippen LogP contribution in [0.3, 0.4) is 0 Å². The summed E-state index contributed by atoms with van der Waals surface area (Å²) in [6.07, 6.45) is 1.22. The van der Waals surface area contributed by atoms with Gasteiger partial charge in [0.2, 0.25) is 17.7 Å². The molecule has 0 saturated carbocycles. The van der Waals surface area contributed by atoms with Gasteiger partial charge in [0.25, 0.3) is 5.56 Å². The molecule has 20 nitrogen and oxygen atoms in total. The highest BCUT2D eigenvalue weighted by atomic mass is 16.5. The van der Waals surface area contributed by atoms with Gasteiger partial charge in [-0.1, -0.05) is 36.4 Å². The van der Waals surface area contributed by atoms with Gasteiger partial charge in [0.05, 0.1) is 18.7 Å². The molecule has 3 aromatic heterocycles. The molecule has 1 aliphatic heterocycles. The molecule has 1 aliphatic rings. The molecule has 0 radical (unpaired) electrons. The maximum Gasteiger partial charge on any atom is 0.330 e. The third-order valence-corrected chi connectivity index (χ3v) is 10.5. The molecule has 59 heavy (non-hydrogen) atoms. The Morgan fingerprint density at radius 3 is 2.08 bits per heavy atom. The van der Waals surface area contributed by atoms with Gasteiger partial charge >= 0.3 is 17.7 Å². The summed E-state index contributed by atoms with van der Waals surface area (Å²) in [5, 5.41) is 32.7. The number of ether oxygens (including phenoxy) is 1. The summed E-state index contributed by atoms with van der Waals surface area (Å²) in [7, 11) is 1.41. The number of benzene rings is 2. The third-order valence-electron chi connectivity index (χ3n) is 10.5. The Hall–Kier alpha value is -6.77. The van der Waals surface area contributed by atoms with Crippen molar-refractivity contribution < 1.29 is 38.9 Å². The van der Waals surface area contributed by atoms with E-state index < -0.39 is 90.1 Å². The van der Waals surface area contributed by atoms with Crippen LogP contribution in [-0.2, 0) is 36.8 Å². The van der Waals surface area contributed by atoms with Crippen molar-refractivity contribution in [3.63, 3.8) is 0 Å². The van der Waals surface area contributed by atoms with Crippen molar-refractivity contribution >= 4 is 51.5 Å². The first-order valence-electron chi connectivity index (χ1n) is 18.8. The lowest BCUT2D eigenvalue weighted by molar-refractivity contribution is -0.139. The molecule has 6 rings (SSSR count). The van der Waals surface area contributed by atoms with Crippen LogP contribution in [-0.4, -0.2) is 121 Å². The zero-order valence-electron chi connectivity index (χ0n) is 32.1. The molecule has 2 aromatic carbocycles. The number of H-pyrrole nitrogens is 3. The van der Waals surface area contributed by atoms with E-state index in [1.165, 1.54) is 25.1 Å². The Morgan fingerprint density at radius 1 is 0.898 bits per heavy atom. The van der Waals surface area contributed by atoms with E-state index >= 15 is 0 Å². The van der Waals surface area contributed by atoms with Gasteiger partial charge in [-0.25, -0.2) is 14.4 Å². The lowest BCUT2D eigenvalue weighted by atomic mass is 10.0. The van der Waals surface area contributed by atoms with Crippen LogP contribution in [0.4, 0.5) is 4.79 Å². The van der Waals surface area contributed by atoms with Crippen molar-refractivity contribution in [3.8, 4) is 0 Å². The number of likely N-dealkylation sites (N-methyl/N-ethyl adjacent to an activating group) is 1. The number of hydrogen-bond donors (Lipinski definition) is 10. The second kappa shape index (κ2) is 18.2. The quantitative estimate of drug-likeness (QED) is 0.0586. The zero-order chi connectivity index (χ0) is 42.4. The maximum atomic E-state index is 14.3. The van der Waals surface area contributed by atoms with E-state index in [0.717, 1.165) is 32.4 Å². The molecule has 4 heterocycles. The first-order valence-corrected chi connectivity index (χ1v) is 18.8. The molecule has 11 N–H and O–H groups in total. The Morgan fingerprint density at radius 2 is 1.49 bits per heavy atom. The highest BCUT2D eigenvalue weighted by molar-refractivity contribution is 5.94. The fraction of sp³-hybridized carbons (Fsp3) is 0.359. The van der Waals surface area contributed by atoms with Gasteiger partial charge in [-0.3, -0.25) is 28.7 Å². The standard InChI is InChI=1S/C39H46N10O10/c1-20(48(2)32(52)16-40)33(35(54)43-19-23-15-30(50)36(59-23)49-12-11-31(51)46-39(49)58)47-34(53)28(13-21-17-41-26-9-5-3-7-24(21)26)44-38(57)45-29(37(55)56)14-22-18-42-27-10-6-4-8-25(22)27/h3-12,17-18,20,23,28-30,33,36,41-42,50H,13-16,19,40H2,1-2H3,(H,43,54)(H,47,53)(H,55,56)(H2,44,45,57)(H,46,51,58)/t20-,23+,28-,29-,30+,33-,36+/m0/s1. The third kappa shape index (κ3) is 9.68. The van der Waals surface area contributed by atoms with Crippen molar-refractivity contribution in [1.29, 1.82) is 0 Å². The number of carboxylic acids is 1. The van der Waals surface area contributed by atoms with Crippen LogP contribution in [0.2, 0.25) is 0 Å². The van der Waals surface area contributed by atoms with Crippen LogP contribution in [0, 0.1) is 0 Å². The van der Waals surface area contributed by atoms with Gasteiger partial charge in [0, 0.05) is 79.3 Å². The Labute approximate surface area is 335 Å². The first-order chi connectivity index (χ1) is 28.2. The van der Waals surface area contributed by atoms with Gasteiger partial charge < -0.3 is 56.8 Å². The van der Waals surface area contributed by atoms with Crippen molar-refractivity contribution in [3.05, 3.63) is 105 Å². The summed E-state index contributed by atoms with van der Waals surface area (Å²) in [5.74, 6) is -3.44. The molecule has 20 heteroatoms. The van der Waals surface area contributed by atoms with E-state index in [2.05, 4.69) is 36.2 Å². The number of para-hydroxylation sites is 2. The molecule has 7 atom stereocenters. The van der Waals surface area contributed by atoms with Gasteiger partial charge in [0.15, 0.2) is 6.23 Å². The molecule has 0 unspecified atom stereocenters. The number of fused-ring (bicyclic) bond motifs is 2. The average molecular weight is 815 g/mol. The number of aliphatic hydroxyl groups excluding tert-OH is 1. The van der Waals surface area contributed by atoms with Crippen molar-refractivity contribution in [2.45, 2.75) is 68.8 Å². The molecule has 5 aromatic rings. The molecule has 5 amide bonds. The number of aromatic nitrogens is 4. The topological polar surface area (TPSA) is 299 Å². The average Bonchev–Trinajstić information content (AvgIpc) is 3.94. The van der Waals surface area contributed by atoms with Crippen molar-refractivity contribution in [2.24, 2.45) is 5.73 Å². The minimum Gasteiger partial charge on any atom is -0.480 e. The van der Waals surface area contributed by atoms with E-state index in [1.54, 1.807) is 18.5 Å². The number of rotatable bonds is 16. The number of carboxylic acid groups (broad SMARTS) is 1. The van der Waals surface area contributed by atoms with Gasteiger partial charge in [0.1, 0.15) is 24.2 Å². The van der Waals surface area contributed by atoms with Gasteiger partial charge in [-0.05, 0) is 30.2 Å². The highest BCUT2D eigenvalue weighted by Crippen LogP contribution is 2.27. The van der Waals surface area contributed by atoms with Gasteiger partial charge in [-0.2, -0.15) is 0 Å². The number of amides is 5. The summed E-state index contributed by atoms with van der Waals surface area (Å²) in [6.45, 7) is 0.935. The lowest BCUT2D eigenvalue weighted by Gasteiger charge is -2.33. The second-order valence-corrected chi connectivity index (χ2v) is 14.3. The number of hydrogen-bond acceptors (Lipinski definition) is 10. The monoisotopic (exact) mass is 814 g/mol. The SMILES string of the molecule is C[C@@H]([C@H](NC(=O)[C@H](Cc1c[nH]c2ccccc12)NC(=O)N[C@@H](Cc1c[nH]c2ccccc12)C(=O)O)C(=O)NC[C@H]1C[C@@H](O)[C@H](n2ccc(=O)[nH]c2=O)O1)N(C)C(=O)CN. The van der Waals surface area contributed by atoms with E-state index in [1.807, 2.05) is 42.5 Å². The molecule has 312 valence electrons. The molecule has 1 fully saturated rings. The first kappa shape index (κ1) is 41.9. The van der Waals surface area contributed by atoms with Crippen LogP contribution in [0.15, 0.2) is 82.8 Å². The molecule has 0 bridgehead atoms. The normalized spacial score (nSPS) is 18.4. The van der Waals surface area contributed by atoms with Crippen molar-refractivity contribution in [2.75, 3.05) is 20.1 Å². The number of carbonyl (C=O) groups is 5. The number of nitrogens with one attached hydrogen (secondary N) is 7. The Balaban J connectivity index is 1.21. The van der Waals surface area contributed by atoms with Crippen LogP contribution < -0.4 is 38.2 Å².